The molecule has 22 heavy (non-hydrogen) atoms. The van der Waals surface area contributed by atoms with Crippen LogP contribution in [0.1, 0.15) is 11.3 Å². The molecule has 1 fully saturated rings. The predicted molar refractivity (Wildman–Crippen MR) is 83.9 cm³/mol. The van der Waals surface area contributed by atoms with Gasteiger partial charge in [-0.2, -0.15) is 0 Å². The van der Waals surface area contributed by atoms with Crippen LogP contribution >= 0.6 is 23.6 Å². The zero-order chi connectivity index (χ0) is 15.7. The summed E-state index contributed by atoms with van der Waals surface area (Å²) in [5, 5.41) is 15.4. The number of hydrogen-bond donors (Lipinski definition) is 1. The molecule has 0 saturated carbocycles. The summed E-state index contributed by atoms with van der Waals surface area (Å²) < 4.78 is 5.20. The van der Waals surface area contributed by atoms with Crippen molar-refractivity contribution in [3.63, 3.8) is 0 Å². The maximum absolute atomic E-state index is 12.3. The molecule has 0 spiro atoms. The second-order valence-corrected chi connectivity index (χ2v) is 5.71. The van der Waals surface area contributed by atoms with Gasteiger partial charge in [0.1, 0.15) is 11.5 Å². The van der Waals surface area contributed by atoms with Crippen molar-refractivity contribution in [1.29, 1.82) is 0 Å². The summed E-state index contributed by atoms with van der Waals surface area (Å²) in [7, 11) is 0. The Morgan fingerprint density at radius 3 is 3.00 bits per heavy atom. The molecule has 1 aliphatic rings. The third kappa shape index (κ3) is 2.76. The molecule has 0 aliphatic carbocycles. The van der Waals surface area contributed by atoms with E-state index in [1.54, 1.807) is 23.6 Å². The third-order valence-corrected chi connectivity index (χ3v) is 4.17. The van der Waals surface area contributed by atoms with Crippen molar-refractivity contribution in [2.24, 2.45) is 0 Å². The Kier molecular flexibility index (Phi) is 3.73. The molecule has 0 unspecified atom stereocenters. The van der Waals surface area contributed by atoms with Crippen molar-refractivity contribution in [1.82, 2.24) is 10.2 Å². The van der Waals surface area contributed by atoms with Crippen molar-refractivity contribution in [3.05, 3.63) is 57.0 Å². The molecule has 2 aromatic rings. The largest absolute Gasteiger partial charge is 0.467 e. The van der Waals surface area contributed by atoms with Crippen LogP contribution in [0, 0.1) is 10.1 Å². The molecule has 0 atom stereocenters. The summed E-state index contributed by atoms with van der Waals surface area (Å²) in [6.07, 6.45) is 3.06. The van der Waals surface area contributed by atoms with Crippen molar-refractivity contribution < 1.29 is 14.1 Å². The van der Waals surface area contributed by atoms with Crippen molar-refractivity contribution in [3.8, 4) is 0 Å². The molecular weight excluding hydrogens is 326 g/mol. The lowest BCUT2D eigenvalue weighted by Gasteiger charge is -2.11. The number of carbonyl (C=O) groups is 1. The normalized spacial score (nSPS) is 16.4. The zero-order valence-electron chi connectivity index (χ0n) is 11.0. The van der Waals surface area contributed by atoms with E-state index < -0.39 is 4.92 Å². The molecular formula is C13H9N3O4S2. The van der Waals surface area contributed by atoms with Gasteiger partial charge in [0, 0.05) is 11.4 Å². The highest BCUT2D eigenvalue weighted by molar-refractivity contribution is 7.80. The van der Waals surface area contributed by atoms with Gasteiger partial charge < -0.3 is 9.73 Å². The lowest BCUT2D eigenvalue weighted by molar-refractivity contribution is -0.380. The van der Waals surface area contributed by atoms with Crippen LogP contribution in [0.15, 0.2) is 40.0 Å². The van der Waals surface area contributed by atoms with Gasteiger partial charge in [-0.15, -0.1) is 0 Å². The average molecular weight is 335 g/mol. The predicted octanol–water partition coefficient (Wildman–Crippen LogP) is 2.51. The van der Waals surface area contributed by atoms with E-state index in [9.17, 15) is 14.9 Å². The molecule has 7 nitrogen and oxygen atoms in total. The lowest BCUT2D eigenvalue weighted by Crippen LogP contribution is -2.29. The number of thiophene rings is 1. The third-order valence-electron chi connectivity index (χ3n) is 2.95. The van der Waals surface area contributed by atoms with Crippen LogP contribution in [0.3, 0.4) is 0 Å². The van der Waals surface area contributed by atoms with E-state index in [-0.39, 0.29) is 28.3 Å². The van der Waals surface area contributed by atoms with Gasteiger partial charge in [-0.25, -0.2) is 0 Å². The van der Waals surface area contributed by atoms with Gasteiger partial charge in [-0.3, -0.25) is 19.8 Å². The summed E-state index contributed by atoms with van der Waals surface area (Å²) in [5.74, 6) is 0.320. The molecule has 3 rings (SSSR count). The minimum atomic E-state index is -0.468. The van der Waals surface area contributed by atoms with E-state index in [0.717, 1.165) is 11.3 Å². The number of nitrogens with zero attached hydrogens (tertiary/aromatic N) is 2. The topological polar surface area (TPSA) is 88.6 Å². The fourth-order valence-electron chi connectivity index (χ4n) is 1.95. The first-order valence-electron chi connectivity index (χ1n) is 6.14. The number of nitrogens with one attached hydrogen (secondary N) is 1. The number of thiocarbonyl (C=S) groups is 1. The second-order valence-electron chi connectivity index (χ2n) is 4.43. The van der Waals surface area contributed by atoms with Gasteiger partial charge in [0.25, 0.3) is 5.91 Å². The van der Waals surface area contributed by atoms with Gasteiger partial charge in [0.2, 0.25) is 0 Å². The van der Waals surface area contributed by atoms with Crippen LogP contribution in [0.25, 0.3) is 6.08 Å². The number of furan rings is 1. The van der Waals surface area contributed by atoms with Crippen LogP contribution in [0.5, 0.6) is 0 Å². The monoisotopic (exact) mass is 335 g/mol. The van der Waals surface area contributed by atoms with Crippen LogP contribution < -0.4 is 5.32 Å². The van der Waals surface area contributed by atoms with Crippen molar-refractivity contribution in [2.75, 3.05) is 0 Å². The standard InChI is InChI=1S/C13H9N3O4S2/c17-12-10(4-8-5-11(16(18)19)22-7-8)14-13(21)15(12)6-9-2-1-3-20-9/h1-5,7H,6H2,(H,14,21)/b10-4-. The first-order valence-corrected chi connectivity index (χ1v) is 7.43. The molecule has 2 aromatic heterocycles. The van der Waals surface area contributed by atoms with E-state index >= 15 is 0 Å². The molecule has 9 heteroatoms. The number of rotatable bonds is 4. The van der Waals surface area contributed by atoms with E-state index in [2.05, 4.69) is 5.32 Å². The van der Waals surface area contributed by atoms with Crippen LogP contribution in [0.2, 0.25) is 0 Å². The second kappa shape index (κ2) is 5.70. The first-order chi connectivity index (χ1) is 10.5. The Hall–Kier alpha value is -2.52. The van der Waals surface area contributed by atoms with Crippen LogP contribution in [0.4, 0.5) is 5.00 Å². The Morgan fingerprint density at radius 2 is 2.36 bits per heavy atom. The van der Waals surface area contributed by atoms with Gasteiger partial charge in [0.15, 0.2) is 5.11 Å². The van der Waals surface area contributed by atoms with E-state index in [4.69, 9.17) is 16.6 Å². The molecule has 0 radical (unpaired) electrons. The number of carbonyl (C=O) groups excluding carboxylic acids is 1. The minimum absolute atomic E-state index is 0.0207. The smallest absolute Gasteiger partial charge is 0.324 e. The van der Waals surface area contributed by atoms with Crippen LogP contribution in [-0.4, -0.2) is 20.8 Å². The number of hydrogen-bond acceptors (Lipinski definition) is 6. The summed E-state index contributed by atoms with van der Waals surface area (Å²) in [6, 6.07) is 4.89. The van der Waals surface area contributed by atoms with Gasteiger partial charge >= 0.3 is 5.00 Å². The van der Waals surface area contributed by atoms with Gasteiger partial charge in [0.05, 0.1) is 17.7 Å². The Morgan fingerprint density at radius 1 is 1.55 bits per heavy atom. The molecule has 112 valence electrons. The summed E-state index contributed by atoms with van der Waals surface area (Å²) >= 11 is 6.14. The lowest BCUT2D eigenvalue weighted by atomic mass is 10.2. The van der Waals surface area contributed by atoms with E-state index in [1.807, 2.05) is 0 Å². The van der Waals surface area contributed by atoms with Crippen molar-refractivity contribution in [2.45, 2.75) is 6.54 Å². The summed E-state index contributed by atoms with van der Waals surface area (Å²) in [4.78, 5) is 23.9. The molecule has 1 saturated heterocycles. The maximum atomic E-state index is 12.3. The van der Waals surface area contributed by atoms with E-state index in [1.165, 1.54) is 17.2 Å². The van der Waals surface area contributed by atoms with Crippen molar-refractivity contribution >= 4 is 45.7 Å². The zero-order valence-corrected chi connectivity index (χ0v) is 12.6. The van der Waals surface area contributed by atoms with Crippen LogP contribution in [-0.2, 0) is 11.3 Å². The molecule has 1 N–H and O–H groups in total. The Bertz CT molecular complexity index is 779. The van der Waals surface area contributed by atoms with Gasteiger partial charge in [-0.1, -0.05) is 11.3 Å². The minimum Gasteiger partial charge on any atom is -0.467 e. The first kappa shape index (κ1) is 14.4. The number of amides is 1. The highest BCUT2D eigenvalue weighted by Gasteiger charge is 2.31. The molecule has 1 amide bonds. The number of nitro groups is 1. The quantitative estimate of drug-likeness (QED) is 0.400. The molecule has 0 bridgehead atoms. The molecule has 0 aromatic carbocycles. The highest BCUT2D eigenvalue weighted by Crippen LogP contribution is 2.25. The SMILES string of the molecule is O=C1/C(=C/c2csc([N+](=O)[O-])c2)NC(=S)N1Cc1ccco1. The maximum Gasteiger partial charge on any atom is 0.324 e. The fourth-order valence-corrected chi connectivity index (χ4v) is 2.89. The fraction of sp³-hybridized carbons (Fsp3) is 0.0769. The Balaban J connectivity index is 1.80. The molecule has 3 heterocycles. The van der Waals surface area contributed by atoms with Gasteiger partial charge in [-0.05, 0) is 36.0 Å². The summed E-state index contributed by atoms with van der Waals surface area (Å²) in [5.41, 5.74) is 0.861. The Labute approximate surface area is 134 Å². The highest BCUT2D eigenvalue weighted by atomic mass is 32.1. The average Bonchev–Trinajstić information content (AvgIpc) is 3.18. The van der Waals surface area contributed by atoms with E-state index in [0.29, 0.717) is 11.3 Å². The summed E-state index contributed by atoms with van der Waals surface area (Å²) in [6.45, 7) is 0.235. The molecule has 1 aliphatic heterocycles.